The summed E-state index contributed by atoms with van der Waals surface area (Å²) in [4.78, 5) is 29.5. The van der Waals surface area contributed by atoms with E-state index < -0.39 is 17.7 Å². The first kappa shape index (κ1) is 20.4. The first-order valence-corrected chi connectivity index (χ1v) is 10.6. The number of halogens is 2. The van der Waals surface area contributed by atoms with Crippen molar-refractivity contribution in [2.24, 2.45) is 5.92 Å². The lowest BCUT2D eigenvalue weighted by molar-refractivity contribution is -0.141. The summed E-state index contributed by atoms with van der Waals surface area (Å²) in [6, 6.07) is 10.2. The highest BCUT2D eigenvalue weighted by Gasteiger charge is 2.26. The van der Waals surface area contributed by atoms with Gasteiger partial charge in [0.2, 0.25) is 5.95 Å². The van der Waals surface area contributed by atoms with E-state index in [0.29, 0.717) is 52.0 Å². The van der Waals surface area contributed by atoms with Gasteiger partial charge in [0.25, 0.3) is 0 Å². The molecule has 0 radical (unpaired) electrons. The highest BCUT2D eigenvalue weighted by molar-refractivity contribution is 6.31. The van der Waals surface area contributed by atoms with Crippen LogP contribution in [0.5, 0.6) is 0 Å². The lowest BCUT2D eigenvalue weighted by Gasteiger charge is -2.30. The van der Waals surface area contributed by atoms with Gasteiger partial charge in [-0.2, -0.15) is 0 Å². The normalized spacial score (nSPS) is 16.4. The van der Waals surface area contributed by atoms with Crippen molar-refractivity contribution in [1.29, 1.82) is 0 Å². The molecule has 1 unspecified atom stereocenters. The van der Waals surface area contributed by atoms with Crippen molar-refractivity contribution >= 4 is 34.6 Å². The van der Waals surface area contributed by atoms with Crippen molar-refractivity contribution in [2.45, 2.75) is 12.8 Å². The van der Waals surface area contributed by atoms with Gasteiger partial charge in [0.1, 0.15) is 11.6 Å². The first-order chi connectivity index (χ1) is 15.5. The highest BCUT2D eigenvalue weighted by atomic mass is 35.5. The largest absolute Gasteiger partial charge is 0.481 e. The number of imidazole rings is 1. The first-order valence-electron chi connectivity index (χ1n) is 10.2. The lowest BCUT2D eigenvalue weighted by atomic mass is 9.99. The van der Waals surface area contributed by atoms with Crippen LogP contribution in [0.25, 0.3) is 33.5 Å². The van der Waals surface area contributed by atoms with Crippen molar-refractivity contribution in [1.82, 2.24) is 19.9 Å². The molecule has 0 amide bonds. The van der Waals surface area contributed by atoms with Crippen LogP contribution in [-0.2, 0) is 4.79 Å². The Bertz CT molecular complexity index is 1310. The molecule has 32 heavy (non-hydrogen) atoms. The smallest absolute Gasteiger partial charge is 0.308 e. The standard InChI is InChI=1S/C23H19ClFN5O2/c24-16-4-6-19-20(9-16)29-21(28-19)17-5-3-13(8-18(17)25)15-10-26-23(27-11-15)30-7-1-2-14(12-30)22(31)32/h3-6,8-11,14H,1-2,7,12H2,(H,28,29)(H,31,32). The molecule has 1 aliphatic rings. The molecule has 3 heterocycles. The Morgan fingerprint density at radius 2 is 1.97 bits per heavy atom. The fourth-order valence-electron chi connectivity index (χ4n) is 3.99. The molecule has 7 nitrogen and oxygen atoms in total. The Balaban J connectivity index is 1.38. The summed E-state index contributed by atoms with van der Waals surface area (Å²) < 4.78 is 14.9. The zero-order valence-corrected chi connectivity index (χ0v) is 17.7. The van der Waals surface area contributed by atoms with Crippen molar-refractivity contribution in [3.05, 3.63) is 59.6 Å². The van der Waals surface area contributed by atoms with Gasteiger partial charge in [0.05, 0.1) is 22.5 Å². The molecule has 1 aliphatic heterocycles. The predicted molar refractivity (Wildman–Crippen MR) is 120 cm³/mol. The summed E-state index contributed by atoms with van der Waals surface area (Å²) in [5.74, 6) is -0.719. The number of carboxylic acid groups (broad SMARTS) is 1. The number of benzene rings is 2. The molecule has 0 bridgehead atoms. The quantitative estimate of drug-likeness (QED) is 0.463. The van der Waals surface area contributed by atoms with Crippen LogP contribution in [0.4, 0.5) is 10.3 Å². The summed E-state index contributed by atoms with van der Waals surface area (Å²) in [5.41, 5.74) is 3.11. The van der Waals surface area contributed by atoms with Gasteiger partial charge >= 0.3 is 5.97 Å². The van der Waals surface area contributed by atoms with E-state index in [1.807, 2.05) is 4.90 Å². The molecule has 162 valence electrons. The zero-order valence-electron chi connectivity index (χ0n) is 16.9. The Labute approximate surface area is 187 Å². The summed E-state index contributed by atoms with van der Waals surface area (Å²) in [7, 11) is 0. The number of H-pyrrole nitrogens is 1. The van der Waals surface area contributed by atoms with Gasteiger partial charge in [-0.3, -0.25) is 4.79 Å². The average molecular weight is 452 g/mol. The van der Waals surface area contributed by atoms with Gasteiger partial charge in [0.15, 0.2) is 0 Å². The van der Waals surface area contributed by atoms with E-state index in [2.05, 4.69) is 19.9 Å². The van der Waals surface area contributed by atoms with Crippen molar-refractivity contribution in [3.63, 3.8) is 0 Å². The summed E-state index contributed by atoms with van der Waals surface area (Å²) >= 11 is 6.01. The number of carboxylic acids is 1. The molecular weight excluding hydrogens is 433 g/mol. The lowest BCUT2D eigenvalue weighted by Crippen LogP contribution is -2.39. The number of rotatable bonds is 4. The van der Waals surface area contributed by atoms with Crippen LogP contribution in [0.1, 0.15) is 12.8 Å². The molecule has 2 aromatic carbocycles. The molecular formula is C23H19ClFN5O2. The third-order valence-electron chi connectivity index (χ3n) is 5.69. The number of nitrogens with one attached hydrogen (secondary N) is 1. The number of carbonyl (C=O) groups is 1. The van der Waals surface area contributed by atoms with Gasteiger partial charge in [-0.1, -0.05) is 17.7 Å². The van der Waals surface area contributed by atoms with Crippen molar-refractivity contribution in [3.8, 4) is 22.5 Å². The Kier molecular flexibility index (Phi) is 5.22. The number of hydrogen-bond acceptors (Lipinski definition) is 5. The molecule has 2 N–H and O–H groups in total. The maximum Gasteiger partial charge on any atom is 0.308 e. The van der Waals surface area contributed by atoms with E-state index in [0.717, 1.165) is 18.5 Å². The van der Waals surface area contributed by atoms with Gasteiger partial charge in [-0.15, -0.1) is 0 Å². The number of anilines is 1. The monoisotopic (exact) mass is 451 g/mol. The molecule has 2 aromatic heterocycles. The van der Waals surface area contributed by atoms with E-state index in [4.69, 9.17) is 11.6 Å². The van der Waals surface area contributed by atoms with Crippen molar-refractivity contribution < 1.29 is 14.3 Å². The second kappa shape index (κ2) is 8.20. The zero-order chi connectivity index (χ0) is 22.2. The minimum absolute atomic E-state index is 0.353. The van der Waals surface area contributed by atoms with Gasteiger partial charge in [-0.25, -0.2) is 19.3 Å². The third kappa shape index (κ3) is 3.89. The van der Waals surface area contributed by atoms with Crippen molar-refractivity contribution in [2.75, 3.05) is 18.0 Å². The van der Waals surface area contributed by atoms with Crippen LogP contribution in [-0.4, -0.2) is 44.1 Å². The number of fused-ring (bicyclic) bond motifs is 1. The van der Waals surface area contributed by atoms with Gasteiger partial charge in [-0.05, 0) is 48.7 Å². The van der Waals surface area contributed by atoms with Crippen LogP contribution < -0.4 is 4.90 Å². The molecule has 1 fully saturated rings. The van der Waals surface area contributed by atoms with E-state index in [-0.39, 0.29) is 0 Å². The minimum Gasteiger partial charge on any atom is -0.481 e. The molecule has 0 saturated carbocycles. The molecule has 9 heteroatoms. The van der Waals surface area contributed by atoms with E-state index >= 15 is 0 Å². The number of aliphatic carboxylic acids is 1. The maximum absolute atomic E-state index is 14.9. The van der Waals surface area contributed by atoms with E-state index in [9.17, 15) is 14.3 Å². The number of hydrogen-bond donors (Lipinski definition) is 2. The fraction of sp³-hybridized carbons (Fsp3) is 0.217. The SMILES string of the molecule is O=C(O)C1CCCN(c2ncc(-c3ccc(-c4nc5ccc(Cl)cc5[nH]4)c(F)c3)cn2)C1. The van der Waals surface area contributed by atoms with E-state index in [1.165, 1.54) is 6.07 Å². The van der Waals surface area contributed by atoms with Crippen LogP contribution in [0.3, 0.4) is 0 Å². The maximum atomic E-state index is 14.9. The van der Waals surface area contributed by atoms with Crippen LogP contribution >= 0.6 is 11.6 Å². The number of piperidine rings is 1. The van der Waals surface area contributed by atoms with Crippen LogP contribution in [0, 0.1) is 11.7 Å². The Hall–Kier alpha value is -3.52. The summed E-state index contributed by atoms with van der Waals surface area (Å²) in [6.45, 7) is 1.11. The number of aromatic nitrogens is 4. The molecule has 0 spiro atoms. The fourth-order valence-corrected chi connectivity index (χ4v) is 4.16. The number of nitrogens with zero attached hydrogens (tertiary/aromatic N) is 4. The second-order valence-corrected chi connectivity index (χ2v) is 8.27. The predicted octanol–water partition coefficient (Wildman–Crippen LogP) is 4.78. The molecule has 0 aliphatic carbocycles. The third-order valence-corrected chi connectivity index (χ3v) is 5.93. The molecule has 1 saturated heterocycles. The summed E-state index contributed by atoms with van der Waals surface area (Å²) in [5, 5.41) is 9.84. The van der Waals surface area contributed by atoms with Crippen LogP contribution in [0.2, 0.25) is 5.02 Å². The van der Waals surface area contributed by atoms with Gasteiger partial charge in [0, 0.05) is 36.1 Å². The number of aromatic amines is 1. The average Bonchev–Trinajstić information content (AvgIpc) is 3.22. The Morgan fingerprint density at radius 3 is 2.72 bits per heavy atom. The molecule has 1 atom stereocenters. The topological polar surface area (TPSA) is 95.0 Å². The highest BCUT2D eigenvalue weighted by Crippen LogP contribution is 2.29. The van der Waals surface area contributed by atoms with E-state index in [1.54, 1.807) is 42.7 Å². The second-order valence-electron chi connectivity index (χ2n) is 7.84. The van der Waals surface area contributed by atoms with Gasteiger partial charge < -0.3 is 15.0 Å². The summed E-state index contributed by atoms with van der Waals surface area (Å²) in [6.07, 6.45) is 4.70. The Morgan fingerprint density at radius 1 is 1.16 bits per heavy atom. The van der Waals surface area contributed by atoms with Crippen LogP contribution in [0.15, 0.2) is 48.8 Å². The minimum atomic E-state index is -0.797. The molecule has 5 rings (SSSR count). The molecule has 4 aromatic rings.